The van der Waals surface area contributed by atoms with Crippen molar-refractivity contribution in [2.75, 3.05) is 12.4 Å². The molecule has 3 aromatic rings. The van der Waals surface area contributed by atoms with E-state index in [2.05, 4.69) is 10.6 Å². The topological polar surface area (TPSA) is 87.7 Å². The molecule has 0 aliphatic rings. The fourth-order valence-electron chi connectivity index (χ4n) is 3.02. The summed E-state index contributed by atoms with van der Waals surface area (Å²) < 4.78 is 17.5. The number of hydrogen-bond acceptors (Lipinski definition) is 4. The first-order valence-electron chi connectivity index (χ1n) is 10.0. The summed E-state index contributed by atoms with van der Waals surface area (Å²) >= 11 is 0. The molecule has 168 valence electrons. The Balaban J connectivity index is 0.000000258. The third kappa shape index (κ3) is 7.43. The van der Waals surface area contributed by atoms with Crippen LogP contribution >= 0.6 is 0 Å². The van der Waals surface area contributed by atoms with Crippen LogP contribution in [0.4, 0.5) is 10.1 Å². The highest BCUT2D eigenvalue weighted by Gasteiger charge is 2.12. The zero-order chi connectivity index (χ0) is 23.5. The fraction of sp³-hybridized carbons (Fsp3) is 0.200. The number of amides is 2. The summed E-state index contributed by atoms with van der Waals surface area (Å²) in [6, 6.07) is 18.5. The number of aromatic hydroxyl groups is 1. The van der Waals surface area contributed by atoms with Gasteiger partial charge in [0.05, 0.1) is 12.8 Å². The number of ether oxygens (including phenoxy) is 1. The standard InChI is InChI=1S/C17H19NO2.C8H8FNO2/c1-12-5-3-4-6-16(12)17(20)18-13(2)11-14-7-9-15(19)10-8-14;1-12-8-3-2-6(9)4-7(8)10-5-11/h3-10,13,19H,11H2,1-2H3,(H,18,20);2-5H,1H3,(H,10,11). The summed E-state index contributed by atoms with van der Waals surface area (Å²) in [7, 11) is 1.45. The van der Waals surface area contributed by atoms with Crippen molar-refractivity contribution in [3.05, 3.63) is 89.2 Å². The Kier molecular flexibility index (Phi) is 9.22. The molecule has 0 aromatic heterocycles. The van der Waals surface area contributed by atoms with Gasteiger partial charge >= 0.3 is 0 Å². The smallest absolute Gasteiger partial charge is 0.251 e. The minimum atomic E-state index is -0.417. The Morgan fingerprint density at radius 1 is 1.12 bits per heavy atom. The second kappa shape index (κ2) is 12.1. The molecule has 3 aromatic carbocycles. The van der Waals surface area contributed by atoms with Crippen molar-refractivity contribution < 1.29 is 23.8 Å². The maximum atomic E-state index is 12.6. The Morgan fingerprint density at radius 2 is 1.81 bits per heavy atom. The molecule has 0 fully saturated rings. The highest BCUT2D eigenvalue weighted by atomic mass is 19.1. The summed E-state index contributed by atoms with van der Waals surface area (Å²) in [6.07, 6.45) is 1.20. The normalized spacial score (nSPS) is 10.9. The van der Waals surface area contributed by atoms with Gasteiger partial charge in [-0.2, -0.15) is 0 Å². The fourth-order valence-corrected chi connectivity index (χ4v) is 3.02. The molecule has 0 heterocycles. The van der Waals surface area contributed by atoms with E-state index in [9.17, 15) is 19.1 Å². The number of halogens is 1. The van der Waals surface area contributed by atoms with E-state index in [-0.39, 0.29) is 17.7 Å². The molecule has 7 heteroatoms. The molecule has 1 atom stereocenters. The molecular weight excluding hydrogens is 411 g/mol. The summed E-state index contributed by atoms with van der Waals surface area (Å²) in [5, 5.41) is 14.6. The predicted molar refractivity (Wildman–Crippen MR) is 123 cm³/mol. The van der Waals surface area contributed by atoms with Crippen molar-refractivity contribution in [2.45, 2.75) is 26.3 Å². The number of methoxy groups -OCH3 is 1. The van der Waals surface area contributed by atoms with Crippen molar-refractivity contribution in [3.63, 3.8) is 0 Å². The van der Waals surface area contributed by atoms with Crippen LogP contribution in [0.25, 0.3) is 0 Å². The molecule has 0 bridgehead atoms. The molecule has 0 saturated carbocycles. The maximum Gasteiger partial charge on any atom is 0.251 e. The Morgan fingerprint density at radius 3 is 2.44 bits per heavy atom. The zero-order valence-corrected chi connectivity index (χ0v) is 18.3. The molecule has 2 amide bonds. The van der Waals surface area contributed by atoms with Gasteiger partial charge in [-0.1, -0.05) is 30.3 Å². The molecule has 0 saturated heterocycles. The lowest BCUT2D eigenvalue weighted by Gasteiger charge is -2.15. The van der Waals surface area contributed by atoms with Crippen LogP contribution < -0.4 is 15.4 Å². The van der Waals surface area contributed by atoms with E-state index in [1.54, 1.807) is 12.1 Å². The molecule has 3 rings (SSSR count). The molecule has 1 unspecified atom stereocenters. The largest absolute Gasteiger partial charge is 0.508 e. The molecule has 32 heavy (non-hydrogen) atoms. The molecule has 3 N–H and O–H groups in total. The number of carbonyl (C=O) groups is 2. The quantitative estimate of drug-likeness (QED) is 0.475. The van der Waals surface area contributed by atoms with E-state index in [0.29, 0.717) is 23.4 Å². The number of benzene rings is 3. The lowest BCUT2D eigenvalue weighted by molar-refractivity contribution is -0.105. The number of phenolic OH excluding ortho intramolecular Hbond substituents is 1. The average Bonchev–Trinajstić information content (AvgIpc) is 2.76. The third-order valence-corrected chi connectivity index (χ3v) is 4.62. The summed E-state index contributed by atoms with van der Waals surface area (Å²) in [5.74, 6) is 0.225. The van der Waals surface area contributed by atoms with Crippen LogP contribution in [0.1, 0.15) is 28.4 Å². The van der Waals surface area contributed by atoms with Crippen LogP contribution in [0.2, 0.25) is 0 Å². The van der Waals surface area contributed by atoms with Gasteiger partial charge < -0.3 is 20.5 Å². The van der Waals surface area contributed by atoms with E-state index in [1.165, 1.54) is 25.3 Å². The highest BCUT2D eigenvalue weighted by Crippen LogP contribution is 2.23. The van der Waals surface area contributed by atoms with Gasteiger partial charge in [-0.05, 0) is 61.7 Å². The summed E-state index contributed by atoms with van der Waals surface area (Å²) in [4.78, 5) is 22.2. The van der Waals surface area contributed by atoms with E-state index in [4.69, 9.17) is 4.74 Å². The van der Waals surface area contributed by atoms with Crippen LogP contribution in [-0.4, -0.2) is 30.6 Å². The molecular formula is C25H27FN2O4. The first-order chi connectivity index (χ1) is 15.3. The Labute approximate surface area is 187 Å². The second-order valence-corrected chi connectivity index (χ2v) is 7.17. The van der Waals surface area contributed by atoms with Crippen LogP contribution in [0.15, 0.2) is 66.7 Å². The van der Waals surface area contributed by atoms with Crippen LogP contribution in [0.5, 0.6) is 11.5 Å². The third-order valence-electron chi connectivity index (χ3n) is 4.62. The van der Waals surface area contributed by atoms with E-state index >= 15 is 0 Å². The van der Waals surface area contributed by atoms with Crippen molar-refractivity contribution >= 4 is 18.0 Å². The Hall–Kier alpha value is -3.87. The second-order valence-electron chi connectivity index (χ2n) is 7.17. The van der Waals surface area contributed by atoms with Crippen LogP contribution in [-0.2, 0) is 11.2 Å². The predicted octanol–water partition coefficient (Wildman–Crippen LogP) is 4.46. The summed E-state index contributed by atoms with van der Waals surface area (Å²) in [5.41, 5.74) is 3.10. The number of carbonyl (C=O) groups excluding carboxylic acids is 2. The first kappa shape index (κ1) is 24.4. The highest BCUT2D eigenvalue weighted by molar-refractivity contribution is 5.95. The van der Waals surface area contributed by atoms with Gasteiger partial charge in [-0.15, -0.1) is 0 Å². The minimum absolute atomic E-state index is 0.0339. The van der Waals surface area contributed by atoms with E-state index in [1.807, 2.05) is 50.2 Å². The monoisotopic (exact) mass is 438 g/mol. The Bertz CT molecular complexity index is 1040. The number of nitrogens with one attached hydrogen (secondary N) is 2. The lowest BCUT2D eigenvalue weighted by atomic mass is 10.1. The molecule has 0 radical (unpaired) electrons. The van der Waals surface area contributed by atoms with Gasteiger partial charge in [0, 0.05) is 17.7 Å². The van der Waals surface area contributed by atoms with E-state index < -0.39 is 5.82 Å². The lowest BCUT2D eigenvalue weighted by Crippen LogP contribution is -2.34. The van der Waals surface area contributed by atoms with Gasteiger partial charge in [0.25, 0.3) is 5.91 Å². The van der Waals surface area contributed by atoms with Crippen LogP contribution in [0, 0.1) is 12.7 Å². The van der Waals surface area contributed by atoms with Crippen molar-refractivity contribution in [1.82, 2.24) is 5.32 Å². The number of aryl methyl sites for hydroxylation is 1. The van der Waals surface area contributed by atoms with Gasteiger partial charge in [-0.3, -0.25) is 9.59 Å². The van der Waals surface area contributed by atoms with Gasteiger partial charge in [0.1, 0.15) is 17.3 Å². The number of hydrogen-bond donors (Lipinski definition) is 3. The molecule has 0 aliphatic carbocycles. The number of anilines is 1. The number of rotatable bonds is 7. The SMILES string of the molecule is COc1ccc(F)cc1NC=O.Cc1ccccc1C(=O)NC(C)Cc1ccc(O)cc1. The van der Waals surface area contributed by atoms with Crippen LogP contribution in [0.3, 0.4) is 0 Å². The molecule has 6 nitrogen and oxygen atoms in total. The maximum absolute atomic E-state index is 12.6. The van der Waals surface area contributed by atoms with Crippen molar-refractivity contribution in [3.8, 4) is 11.5 Å². The number of phenols is 1. The molecule has 0 spiro atoms. The zero-order valence-electron chi connectivity index (χ0n) is 18.3. The first-order valence-corrected chi connectivity index (χ1v) is 10.0. The van der Waals surface area contributed by atoms with Gasteiger partial charge in [0.2, 0.25) is 6.41 Å². The van der Waals surface area contributed by atoms with E-state index in [0.717, 1.165) is 17.5 Å². The minimum Gasteiger partial charge on any atom is -0.508 e. The average molecular weight is 438 g/mol. The van der Waals surface area contributed by atoms with Gasteiger partial charge in [-0.25, -0.2) is 4.39 Å². The van der Waals surface area contributed by atoms with Crippen molar-refractivity contribution in [2.24, 2.45) is 0 Å². The van der Waals surface area contributed by atoms with Crippen molar-refractivity contribution in [1.29, 1.82) is 0 Å². The van der Waals surface area contributed by atoms with Gasteiger partial charge in [0.15, 0.2) is 0 Å². The molecule has 0 aliphatic heterocycles. The summed E-state index contributed by atoms with van der Waals surface area (Å²) in [6.45, 7) is 3.91.